The third kappa shape index (κ3) is 4.68. The first-order chi connectivity index (χ1) is 14.6. The van der Waals surface area contributed by atoms with Gasteiger partial charge < -0.3 is 14.6 Å². The molecule has 0 bridgehead atoms. The van der Waals surface area contributed by atoms with Crippen LogP contribution in [0.3, 0.4) is 0 Å². The minimum atomic E-state index is -0.297. The lowest BCUT2D eigenvalue weighted by molar-refractivity contribution is 0.120. The van der Waals surface area contributed by atoms with Gasteiger partial charge in [-0.3, -0.25) is 4.90 Å². The topological polar surface area (TPSA) is 48.7 Å². The van der Waals surface area contributed by atoms with Crippen LogP contribution >= 0.6 is 0 Å². The van der Waals surface area contributed by atoms with Gasteiger partial charge in [0, 0.05) is 26.2 Å². The molecule has 0 spiro atoms. The smallest absolute Gasteiger partial charge is 0.317 e. The van der Waals surface area contributed by atoms with Gasteiger partial charge in [-0.15, -0.1) is 0 Å². The Morgan fingerprint density at radius 1 is 0.900 bits per heavy atom. The number of amides is 2. The van der Waals surface area contributed by atoms with E-state index >= 15 is 0 Å². The highest BCUT2D eigenvalue weighted by Gasteiger charge is 2.28. The molecule has 1 N–H and O–H groups in total. The Balaban J connectivity index is 1.44. The van der Waals surface area contributed by atoms with Crippen molar-refractivity contribution in [3.05, 3.63) is 95.4 Å². The van der Waals surface area contributed by atoms with Gasteiger partial charge in [0.05, 0.1) is 18.8 Å². The zero-order valence-electron chi connectivity index (χ0n) is 16.4. The average Bonchev–Trinajstić information content (AvgIpc) is 3.29. The van der Waals surface area contributed by atoms with Crippen LogP contribution in [0.25, 0.3) is 0 Å². The van der Waals surface area contributed by atoms with E-state index in [1.165, 1.54) is 24.3 Å². The molecule has 1 aliphatic rings. The fraction of sp³-hybridized carbons (Fsp3) is 0.261. The molecule has 2 amide bonds. The van der Waals surface area contributed by atoms with Gasteiger partial charge in [0.1, 0.15) is 17.4 Å². The summed E-state index contributed by atoms with van der Waals surface area (Å²) >= 11 is 0. The third-order valence-corrected chi connectivity index (χ3v) is 5.33. The number of nitrogens with zero attached hydrogens (tertiary/aromatic N) is 2. The predicted octanol–water partition coefficient (Wildman–Crippen LogP) is 4.17. The lowest BCUT2D eigenvalue weighted by Crippen LogP contribution is -2.52. The molecule has 4 rings (SSSR count). The molecule has 1 saturated heterocycles. The Kier molecular flexibility index (Phi) is 6.09. The van der Waals surface area contributed by atoms with E-state index in [0.717, 1.165) is 11.1 Å². The number of piperazine rings is 1. The van der Waals surface area contributed by atoms with Gasteiger partial charge in [-0.05, 0) is 47.5 Å². The molecular formula is C23H23F2N3O2. The first kappa shape index (κ1) is 20.1. The zero-order valence-corrected chi connectivity index (χ0v) is 16.4. The monoisotopic (exact) mass is 411 g/mol. The van der Waals surface area contributed by atoms with E-state index in [2.05, 4.69) is 10.2 Å². The van der Waals surface area contributed by atoms with Crippen molar-refractivity contribution in [1.29, 1.82) is 0 Å². The third-order valence-electron chi connectivity index (χ3n) is 5.33. The molecule has 1 aliphatic heterocycles. The number of carbonyl (C=O) groups is 1. The van der Waals surface area contributed by atoms with Crippen molar-refractivity contribution in [1.82, 2.24) is 15.1 Å². The number of hydrogen-bond acceptors (Lipinski definition) is 3. The quantitative estimate of drug-likeness (QED) is 0.686. The second-order valence-electron chi connectivity index (χ2n) is 7.27. The van der Waals surface area contributed by atoms with Crippen molar-refractivity contribution < 1.29 is 18.0 Å². The Bertz CT molecular complexity index is 906. The van der Waals surface area contributed by atoms with E-state index in [4.69, 9.17) is 4.42 Å². The maximum atomic E-state index is 13.4. The van der Waals surface area contributed by atoms with E-state index in [-0.39, 0.29) is 23.7 Å². The molecular weight excluding hydrogens is 388 g/mol. The summed E-state index contributed by atoms with van der Waals surface area (Å²) in [5.74, 6) is 0.110. The van der Waals surface area contributed by atoms with Crippen LogP contribution in [0.4, 0.5) is 13.6 Å². The van der Waals surface area contributed by atoms with Crippen molar-refractivity contribution in [2.75, 3.05) is 26.2 Å². The van der Waals surface area contributed by atoms with E-state index in [0.29, 0.717) is 38.5 Å². The van der Waals surface area contributed by atoms with Gasteiger partial charge in [-0.2, -0.15) is 0 Å². The second-order valence-corrected chi connectivity index (χ2v) is 7.27. The molecule has 0 aliphatic carbocycles. The van der Waals surface area contributed by atoms with Gasteiger partial charge in [-0.1, -0.05) is 24.3 Å². The number of benzene rings is 2. The summed E-state index contributed by atoms with van der Waals surface area (Å²) in [5, 5.41) is 2.87. The molecule has 2 aromatic carbocycles. The maximum absolute atomic E-state index is 13.4. The number of carbonyl (C=O) groups excluding carboxylic acids is 1. The summed E-state index contributed by atoms with van der Waals surface area (Å²) in [5.41, 5.74) is 1.86. The first-order valence-electron chi connectivity index (χ1n) is 9.90. The van der Waals surface area contributed by atoms with E-state index in [1.54, 1.807) is 41.5 Å². The predicted molar refractivity (Wildman–Crippen MR) is 109 cm³/mol. The number of urea groups is 1. The normalized spacial score (nSPS) is 14.8. The highest BCUT2D eigenvalue weighted by molar-refractivity contribution is 5.74. The van der Waals surface area contributed by atoms with Gasteiger partial charge >= 0.3 is 6.03 Å². The molecule has 30 heavy (non-hydrogen) atoms. The molecule has 0 saturated carbocycles. The minimum Gasteiger partial charge on any atom is -0.467 e. The van der Waals surface area contributed by atoms with Crippen LogP contribution in [0.1, 0.15) is 22.9 Å². The SMILES string of the molecule is O=C(NCc1ccco1)N1CCN(C(c2ccc(F)cc2)c2ccc(F)cc2)CC1. The molecule has 0 radical (unpaired) electrons. The summed E-state index contributed by atoms with van der Waals surface area (Å²) in [7, 11) is 0. The number of nitrogens with one attached hydrogen (secondary N) is 1. The standard InChI is InChI=1S/C23H23F2N3O2/c24-19-7-3-17(4-8-19)22(18-5-9-20(25)10-6-18)27-11-13-28(14-12-27)23(29)26-16-21-2-1-15-30-21/h1-10,15,22H,11-14,16H2,(H,26,29). The first-order valence-corrected chi connectivity index (χ1v) is 9.90. The van der Waals surface area contributed by atoms with Crippen molar-refractivity contribution >= 4 is 6.03 Å². The van der Waals surface area contributed by atoms with Crippen LogP contribution in [0.5, 0.6) is 0 Å². The van der Waals surface area contributed by atoms with Crippen molar-refractivity contribution in [2.24, 2.45) is 0 Å². The van der Waals surface area contributed by atoms with Crippen LogP contribution < -0.4 is 5.32 Å². The van der Waals surface area contributed by atoms with E-state index in [1.807, 2.05) is 6.07 Å². The highest BCUT2D eigenvalue weighted by Crippen LogP contribution is 2.30. The molecule has 0 unspecified atom stereocenters. The fourth-order valence-corrected chi connectivity index (χ4v) is 3.78. The summed E-state index contributed by atoms with van der Waals surface area (Å²) in [6, 6.07) is 16.1. The summed E-state index contributed by atoms with van der Waals surface area (Å²) in [4.78, 5) is 16.5. The average molecular weight is 411 g/mol. The van der Waals surface area contributed by atoms with Crippen LogP contribution in [0.2, 0.25) is 0 Å². The molecule has 5 nitrogen and oxygen atoms in total. The van der Waals surface area contributed by atoms with E-state index in [9.17, 15) is 13.6 Å². The molecule has 7 heteroatoms. The number of halogens is 2. The van der Waals surface area contributed by atoms with Crippen LogP contribution in [0, 0.1) is 11.6 Å². The number of hydrogen-bond donors (Lipinski definition) is 1. The number of rotatable bonds is 5. The lowest BCUT2D eigenvalue weighted by atomic mass is 9.96. The highest BCUT2D eigenvalue weighted by atomic mass is 19.1. The molecule has 1 aromatic heterocycles. The Labute approximate surface area is 173 Å². The van der Waals surface area contributed by atoms with Gasteiger partial charge in [0.2, 0.25) is 0 Å². The van der Waals surface area contributed by atoms with Crippen LogP contribution in [0.15, 0.2) is 71.3 Å². The Morgan fingerprint density at radius 3 is 1.97 bits per heavy atom. The van der Waals surface area contributed by atoms with Crippen LogP contribution in [-0.4, -0.2) is 42.0 Å². The van der Waals surface area contributed by atoms with Gasteiger partial charge in [0.25, 0.3) is 0 Å². The maximum Gasteiger partial charge on any atom is 0.317 e. The zero-order chi connectivity index (χ0) is 20.9. The lowest BCUT2D eigenvalue weighted by Gasteiger charge is -2.39. The second kappa shape index (κ2) is 9.09. The molecule has 156 valence electrons. The van der Waals surface area contributed by atoms with Crippen molar-refractivity contribution in [3.8, 4) is 0 Å². The Morgan fingerprint density at radius 2 is 1.47 bits per heavy atom. The summed E-state index contributed by atoms with van der Waals surface area (Å²) < 4.78 is 32.1. The fourth-order valence-electron chi connectivity index (χ4n) is 3.78. The molecule has 2 heterocycles. The van der Waals surface area contributed by atoms with Gasteiger partial charge in [-0.25, -0.2) is 13.6 Å². The van der Waals surface area contributed by atoms with Crippen molar-refractivity contribution in [3.63, 3.8) is 0 Å². The largest absolute Gasteiger partial charge is 0.467 e. The van der Waals surface area contributed by atoms with Crippen molar-refractivity contribution in [2.45, 2.75) is 12.6 Å². The Hall–Kier alpha value is -3.19. The minimum absolute atomic E-state index is 0.133. The molecule has 0 atom stereocenters. The summed E-state index contributed by atoms with van der Waals surface area (Å²) in [6.07, 6.45) is 1.57. The summed E-state index contributed by atoms with van der Waals surface area (Å²) in [6.45, 7) is 2.76. The number of furan rings is 1. The molecule has 1 fully saturated rings. The van der Waals surface area contributed by atoms with Crippen LogP contribution in [-0.2, 0) is 6.54 Å². The molecule has 3 aromatic rings. The van der Waals surface area contributed by atoms with Gasteiger partial charge in [0.15, 0.2) is 0 Å². The van der Waals surface area contributed by atoms with E-state index < -0.39 is 0 Å².